The summed E-state index contributed by atoms with van der Waals surface area (Å²) in [5.41, 5.74) is 0. The van der Waals surface area contributed by atoms with Crippen molar-refractivity contribution in [3.8, 4) is 0 Å². The number of hydrogen-bond donors (Lipinski definition) is 2. The highest BCUT2D eigenvalue weighted by Crippen LogP contribution is 2.35. The zero-order valence-corrected chi connectivity index (χ0v) is 15.3. The summed E-state index contributed by atoms with van der Waals surface area (Å²) in [5, 5.41) is 18.7. The summed E-state index contributed by atoms with van der Waals surface area (Å²) in [6, 6.07) is 0. The lowest BCUT2D eigenvalue weighted by molar-refractivity contribution is -0.137. The maximum absolute atomic E-state index is 12.1. The van der Waals surface area contributed by atoms with Crippen LogP contribution in [0, 0.1) is 11.8 Å². The fourth-order valence-electron chi connectivity index (χ4n) is 3.47. The first-order chi connectivity index (χ1) is 12.0. The van der Waals surface area contributed by atoms with Gasteiger partial charge in [-0.1, -0.05) is 31.9 Å². The fraction of sp³-hybridized carbons (Fsp3) is 0.750. The molecule has 0 aliphatic heterocycles. The van der Waals surface area contributed by atoms with Gasteiger partial charge in [-0.25, -0.2) is 0 Å². The smallest absolute Gasteiger partial charge is 0.303 e. The van der Waals surface area contributed by atoms with E-state index in [4.69, 9.17) is 5.11 Å². The molecule has 0 amide bonds. The number of carbonyl (C=O) groups is 3. The first-order valence-electron chi connectivity index (χ1n) is 9.55. The van der Waals surface area contributed by atoms with Gasteiger partial charge in [0.1, 0.15) is 11.6 Å². The molecule has 0 unspecified atom stereocenters. The Bertz CT molecular complexity index is 469. The Balaban J connectivity index is 2.39. The second-order valence-electron chi connectivity index (χ2n) is 7.04. The number of carboxylic acids is 1. The molecule has 1 aliphatic rings. The Morgan fingerprint density at radius 3 is 2.56 bits per heavy atom. The van der Waals surface area contributed by atoms with Crippen LogP contribution in [0.1, 0.15) is 77.6 Å². The van der Waals surface area contributed by atoms with E-state index in [0.717, 1.165) is 19.3 Å². The predicted molar refractivity (Wildman–Crippen MR) is 96.2 cm³/mol. The van der Waals surface area contributed by atoms with Crippen molar-refractivity contribution < 1.29 is 24.6 Å². The van der Waals surface area contributed by atoms with Crippen molar-refractivity contribution in [3.63, 3.8) is 0 Å². The van der Waals surface area contributed by atoms with Crippen LogP contribution in [0.25, 0.3) is 0 Å². The Kier molecular flexibility index (Phi) is 10.3. The number of hydrogen-bond acceptors (Lipinski definition) is 4. The number of aliphatic carboxylic acids is 1. The van der Waals surface area contributed by atoms with E-state index >= 15 is 0 Å². The van der Waals surface area contributed by atoms with E-state index < -0.39 is 12.1 Å². The van der Waals surface area contributed by atoms with Gasteiger partial charge in [0.05, 0.1) is 6.10 Å². The molecule has 25 heavy (non-hydrogen) atoms. The predicted octanol–water partition coefficient (Wildman–Crippen LogP) is 3.68. The number of unbranched alkanes of at least 4 members (excludes halogenated alkanes) is 3. The molecule has 0 aromatic carbocycles. The quantitative estimate of drug-likeness (QED) is 0.390. The zero-order chi connectivity index (χ0) is 18.7. The van der Waals surface area contributed by atoms with E-state index in [1.807, 2.05) is 12.2 Å². The van der Waals surface area contributed by atoms with Crippen LogP contribution in [0.15, 0.2) is 12.2 Å². The Morgan fingerprint density at radius 1 is 1.12 bits per heavy atom. The topological polar surface area (TPSA) is 91.7 Å². The van der Waals surface area contributed by atoms with Gasteiger partial charge in [0.2, 0.25) is 0 Å². The first kappa shape index (κ1) is 21.6. The highest BCUT2D eigenvalue weighted by molar-refractivity contribution is 5.84. The Hall–Kier alpha value is -1.49. The van der Waals surface area contributed by atoms with Gasteiger partial charge < -0.3 is 10.2 Å². The number of allylic oxidation sites excluding steroid dienone is 2. The molecule has 0 bridgehead atoms. The largest absolute Gasteiger partial charge is 0.481 e. The number of aliphatic hydroxyl groups excluding tert-OH is 1. The van der Waals surface area contributed by atoms with Crippen LogP contribution in [0.2, 0.25) is 0 Å². The first-order valence-corrected chi connectivity index (χ1v) is 9.55. The third kappa shape index (κ3) is 8.43. The summed E-state index contributed by atoms with van der Waals surface area (Å²) >= 11 is 0. The van der Waals surface area contributed by atoms with Crippen LogP contribution in [-0.2, 0) is 14.4 Å². The lowest BCUT2D eigenvalue weighted by Gasteiger charge is -2.19. The minimum absolute atomic E-state index is 0.0751. The molecule has 0 aromatic rings. The van der Waals surface area contributed by atoms with E-state index in [1.165, 1.54) is 0 Å². The molecular formula is C20H32O5. The van der Waals surface area contributed by atoms with Gasteiger partial charge >= 0.3 is 5.97 Å². The summed E-state index contributed by atoms with van der Waals surface area (Å²) in [6.45, 7) is 2.10. The molecule has 1 fully saturated rings. The van der Waals surface area contributed by atoms with Gasteiger partial charge in [-0.2, -0.15) is 0 Å². The average Bonchev–Trinajstić information content (AvgIpc) is 2.82. The lowest BCUT2D eigenvalue weighted by Crippen LogP contribution is -2.21. The molecule has 142 valence electrons. The SMILES string of the molecule is CCCCCC(=O)CC[C@H]1[C@H](O)CC(=O)[C@@H]1C/C=C/CCCC(=O)O. The normalized spacial score (nSPS) is 23.4. The van der Waals surface area contributed by atoms with Crippen LogP contribution in [-0.4, -0.2) is 33.9 Å². The summed E-state index contributed by atoms with van der Waals surface area (Å²) in [4.78, 5) is 34.5. The van der Waals surface area contributed by atoms with Gasteiger partial charge in [-0.05, 0) is 38.0 Å². The van der Waals surface area contributed by atoms with Crippen molar-refractivity contribution >= 4 is 17.5 Å². The third-order valence-corrected chi connectivity index (χ3v) is 4.97. The van der Waals surface area contributed by atoms with E-state index in [1.54, 1.807) is 0 Å². The van der Waals surface area contributed by atoms with Crippen molar-refractivity contribution in [2.24, 2.45) is 11.8 Å². The lowest BCUT2D eigenvalue weighted by atomic mass is 9.86. The molecular weight excluding hydrogens is 320 g/mol. The average molecular weight is 352 g/mol. The maximum atomic E-state index is 12.1. The molecule has 1 rings (SSSR count). The van der Waals surface area contributed by atoms with Crippen molar-refractivity contribution in [2.45, 2.75) is 83.7 Å². The standard InChI is InChI=1S/C20H32O5/c1-2-3-6-9-15(21)12-13-17-16(18(22)14-19(17)23)10-7-4-5-8-11-20(24)25/h4,7,16-17,19,23H,2-3,5-6,8-14H2,1H3,(H,24,25)/b7-4+/t16-,17-,19-/m1/s1. The van der Waals surface area contributed by atoms with Crippen molar-refractivity contribution in [1.82, 2.24) is 0 Å². The number of carboxylic acid groups (broad SMARTS) is 1. The highest BCUT2D eigenvalue weighted by Gasteiger charge is 2.40. The molecule has 2 N–H and O–H groups in total. The Morgan fingerprint density at radius 2 is 1.88 bits per heavy atom. The summed E-state index contributed by atoms with van der Waals surface area (Å²) in [7, 11) is 0. The molecule has 0 heterocycles. The highest BCUT2D eigenvalue weighted by atomic mass is 16.4. The number of carbonyl (C=O) groups excluding carboxylic acids is 2. The van der Waals surface area contributed by atoms with Gasteiger partial charge in [0.15, 0.2) is 0 Å². The molecule has 0 spiro atoms. The molecule has 5 nitrogen and oxygen atoms in total. The number of rotatable bonds is 13. The van der Waals surface area contributed by atoms with Crippen LogP contribution < -0.4 is 0 Å². The zero-order valence-electron chi connectivity index (χ0n) is 15.3. The molecule has 3 atom stereocenters. The second kappa shape index (κ2) is 12.0. The monoisotopic (exact) mass is 352 g/mol. The third-order valence-electron chi connectivity index (χ3n) is 4.97. The summed E-state index contributed by atoms with van der Waals surface area (Å²) in [5.74, 6) is -0.847. The van der Waals surface area contributed by atoms with Crippen LogP contribution in [0.4, 0.5) is 0 Å². The Labute approximate surface area is 150 Å². The fourth-order valence-corrected chi connectivity index (χ4v) is 3.47. The van der Waals surface area contributed by atoms with E-state index in [-0.39, 0.29) is 36.2 Å². The van der Waals surface area contributed by atoms with Gasteiger partial charge in [0, 0.05) is 31.6 Å². The molecule has 5 heteroatoms. The van der Waals surface area contributed by atoms with Crippen LogP contribution in [0.5, 0.6) is 0 Å². The molecule has 0 aromatic heterocycles. The van der Waals surface area contributed by atoms with E-state index in [0.29, 0.717) is 38.5 Å². The molecule has 1 aliphatic carbocycles. The van der Waals surface area contributed by atoms with E-state index in [2.05, 4.69) is 6.92 Å². The van der Waals surface area contributed by atoms with Crippen LogP contribution in [0.3, 0.4) is 0 Å². The number of ketones is 2. The maximum Gasteiger partial charge on any atom is 0.303 e. The van der Waals surface area contributed by atoms with Crippen molar-refractivity contribution in [2.75, 3.05) is 0 Å². The van der Waals surface area contributed by atoms with E-state index in [9.17, 15) is 19.5 Å². The van der Waals surface area contributed by atoms with Crippen molar-refractivity contribution in [3.05, 3.63) is 12.2 Å². The minimum Gasteiger partial charge on any atom is -0.481 e. The molecule has 1 saturated carbocycles. The summed E-state index contributed by atoms with van der Waals surface area (Å²) < 4.78 is 0. The van der Waals surface area contributed by atoms with Gasteiger partial charge in [0.25, 0.3) is 0 Å². The van der Waals surface area contributed by atoms with Crippen LogP contribution >= 0.6 is 0 Å². The molecule has 0 radical (unpaired) electrons. The number of aliphatic hydroxyl groups is 1. The van der Waals surface area contributed by atoms with Crippen molar-refractivity contribution in [1.29, 1.82) is 0 Å². The van der Waals surface area contributed by atoms with Gasteiger partial charge in [-0.3, -0.25) is 14.4 Å². The number of Topliss-reactive ketones (excluding diaryl/α,β-unsaturated/α-hetero) is 2. The summed E-state index contributed by atoms with van der Waals surface area (Å²) in [6.07, 6.45) is 10.0. The minimum atomic E-state index is -0.800. The molecule has 0 saturated heterocycles. The van der Waals surface area contributed by atoms with Gasteiger partial charge in [-0.15, -0.1) is 0 Å². The second-order valence-corrected chi connectivity index (χ2v) is 7.04.